The molecule has 0 spiro atoms. The molecule has 0 aliphatic carbocycles. The van der Waals surface area contributed by atoms with Crippen molar-refractivity contribution in [2.45, 2.75) is 91.1 Å². The predicted molar refractivity (Wildman–Crippen MR) is 84.2 cm³/mol. The van der Waals surface area contributed by atoms with Crippen molar-refractivity contribution in [2.24, 2.45) is 5.92 Å². The summed E-state index contributed by atoms with van der Waals surface area (Å²) in [7, 11) is 0. The van der Waals surface area contributed by atoms with Crippen molar-refractivity contribution >= 4 is 11.9 Å². The summed E-state index contributed by atoms with van der Waals surface area (Å²) >= 11 is 0. The van der Waals surface area contributed by atoms with Crippen LogP contribution >= 0.6 is 0 Å². The maximum atomic E-state index is 11.1. The summed E-state index contributed by atoms with van der Waals surface area (Å²) in [5, 5.41) is 8.94. The Balaban J connectivity index is 3.80. The van der Waals surface area contributed by atoms with Gasteiger partial charge in [-0.1, -0.05) is 58.8 Å². The Morgan fingerprint density at radius 2 is 1.52 bits per heavy atom. The van der Waals surface area contributed by atoms with Gasteiger partial charge in [-0.2, -0.15) is 0 Å². The number of carbonyl (C=O) groups is 2. The Kier molecular flexibility index (Phi) is 12.0. The van der Waals surface area contributed by atoms with Gasteiger partial charge in [0, 0.05) is 6.92 Å². The number of carboxylic acid groups (broad SMARTS) is 1. The van der Waals surface area contributed by atoms with Crippen molar-refractivity contribution < 1.29 is 19.4 Å². The van der Waals surface area contributed by atoms with Gasteiger partial charge in [0.2, 0.25) is 0 Å². The summed E-state index contributed by atoms with van der Waals surface area (Å²) in [6, 6.07) is 0. The highest BCUT2D eigenvalue weighted by molar-refractivity contribution is 5.69. The number of aliphatic carboxylic acids is 1. The van der Waals surface area contributed by atoms with Gasteiger partial charge in [-0.3, -0.25) is 9.59 Å². The van der Waals surface area contributed by atoms with E-state index in [0.29, 0.717) is 6.42 Å². The first-order valence-electron chi connectivity index (χ1n) is 8.37. The number of esters is 1. The number of rotatable bonds is 13. The fraction of sp³-hybridized carbons (Fsp3) is 0.882. The van der Waals surface area contributed by atoms with E-state index in [4.69, 9.17) is 9.84 Å². The minimum absolute atomic E-state index is 0.256. The molecule has 1 unspecified atom stereocenters. The molecule has 0 heterocycles. The highest BCUT2D eigenvalue weighted by atomic mass is 16.5. The first kappa shape index (κ1) is 19.9. The molecule has 4 nitrogen and oxygen atoms in total. The third-order valence-corrected chi connectivity index (χ3v) is 3.75. The van der Waals surface area contributed by atoms with Crippen LogP contribution in [0.25, 0.3) is 0 Å². The summed E-state index contributed by atoms with van der Waals surface area (Å²) < 4.78 is 5.23. The van der Waals surface area contributed by atoms with Gasteiger partial charge in [-0.25, -0.2) is 0 Å². The second-order valence-electron chi connectivity index (χ2n) is 5.97. The number of hydrogen-bond acceptors (Lipinski definition) is 3. The van der Waals surface area contributed by atoms with Crippen molar-refractivity contribution in [1.29, 1.82) is 0 Å². The molecule has 0 radical (unpaired) electrons. The Labute approximate surface area is 129 Å². The molecule has 0 aromatic rings. The van der Waals surface area contributed by atoms with Crippen LogP contribution in [0.4, 0.5) is 0 Å². The van der Waals surface area contributed by atoms with Crippen LogP contribution in [-0.4, -0.2) is 23.1 Å². The highest BCUT2D eigenvalue weighted by Crippen LogP contribution is 2.17. The van der Waals surface area contributed by atoms with E-state index in [1.165, 1.54) is 45.4 Å². The molecule has 2 atom stereocenters. The van der Waals surface area contributed by atoms with E-state index >= 15 is 0 Å². The lowest BCUT2D eigenvalue weighted by Gasteiger charge is -2.19. The molecule has 0 amide bonds. The molecular weight excluding hydrogens is 268 g/mol. The lowest BCUT2D eigenvalue weighted by Crippen LogP contribution is -2.23. The fourth-order valence-corrected chi connectivity index (χ4v) is 2.46. The monoisotopic (exact) mass is 300 g/mol. The van der Waals surface area contributed by atoms with E-state index in [1.807, 2.05) is 0 Å². The van der Waals surface area contributed by atoms with E-state index in [0.717, 1.165) is 19.3 Å². The molecule has 124 valence electrons. The largest absolute Gasteiger partial charge is 0.481 e. The van der Waals surface area contributed by atoms with Crippen LogP contribution in [0.15, 0.2) is 0 Å². The van der Waals surface area contributed by atoms with Gasteiger partial charge in [-0.15, -0.1) is 0 Å². The maximum absolute atomic E-state index is 11.1. The summed E-state index contributed by atoms with van der Waals surface area (Å²) in [4.78, 5) is 22.0. The molecule has 0 saturated carbocycles. The molecule has 0 saturated heterocycles. The van der Waals surface area contributed by atoms with E-state index in [1.54, 1.807) is 6.92 Å². The van der Waals surface area contributed by atoms with Crippen molar-refractivity contribution in [3.63, 3.8) is 0 Å². The molecule has 0 rings (SSSR count). The first-order chi connectivity index (χ1) is 9.97. The average Bonchev–Trinajstić information content (AvgIpc) is 2.40. The highest BCUT2D eigenvalue weighted by Gasteiger charge is 2.20. The van der Waals surface area contributed by atoms with Crippen molar-refractivity contribution in [1.82, 2.24) is 0 Å². The minimum atomic E-state index is -0.830. The van der Waals surface area contributed by atoms with Crippen molar-refractivity contribution in [3.05, 3.63) is 0 Å². The third kappa shape index (κ3) is 12.4. The van der Waals surface area contributed by atoms with Crippen LogP contribution in [0, 0.1) is 5.92 Å². The van der Waals surface area contributed by atoms with E-state index in [2.05, 4.69) is 6.92 Å². The average molecular weight is 300 g/mol. The van der Waals surface area contributed by atoms with Gasteiger partial charge in [0.05, 0.1) is 5.92 Å². The SMILES string of the molecule is CCCCCCCCCC[C@@H](CC(C)C(=O)O)OC(C)=O. The third-order valence-electron chi connectivity index (χ3n) is 3.75. The fourth-order valence-electron chi connectivity index (χ4n) is 2.46. The Morgan fingerprint density at radius 3 is 2.00 bits per heavy atom. The molecule has 0 aliphatic heterocycles. The molecule has 1 N–H and O–H groups in total. The van der Waals surface area contributed by atoms with Crippen LogP contribution in [0.3, 0.4) is 0 Å². The van der Waals surface area contributed by atoms with Gasteiger partial charge in [0.25, 0.3) is 0 Å². The van der Waals surface area contributed by atoms with Crippen LogP contribution in [-0.2, 0) is 14.3 Å². The van der Waals surface area contributed by atoms with Crippen molar-refractivity contribution in [3.8, 4) is 0 Å². The Morgan fingerprint density at radius 1 is 1.00 bits per heavy atom. The zero-order valence-electron chi connectivity index (χ0n) is 13.9. The number of carboxylic acids is 1. The minimum Gasteiger partial charge on any atom is -0.481 e. The van der Waals surface area contributed by atoms with Crippen LogP contribution in [0.1, 0.15) is 85.0 Å². The van der Waals surface area contributed by atoms with E-state index < -0.39 is 11.9 Å². The molecule has 0 aromatic carbocycles. The topological polar surface area (TPSA) is 63.6 Å². The smallest absolute Gasteiger partial charge is 0.306 e. The summed E-state index contributed by atoms with van der Waals surface area (Å²) in [6.45, 7) is 5.26. The molecule has 4 heteroatoms. The number of carbonyl (C=O) groups excluding carboxylic acids is 1. The van der Waals surface area contributed by atoms with Crippen LogP contribution in [0.2, 0.25) is 0 Å². The van der Waals surface area contributed by atoms with E-state index in [-0.39, 0.29) is 12.1 Å². The molecule has 0 aliphatic rings. The standard InChI is InChI=1S/C17H32O4/c1-4-5-6-7-8-9-10-11-12-16(21-15(3)18)13-14(2)17(19)20/h14,16H,4-13H2,1-3H3,(H,19,20)/t14?,16-/m0/s1. The summed E-state index contributed by atoms with van der Waals surface area (Å²) in [5.41, 5.74) is 0. The summed E-state index contributed by atoms with van der Waals surface area (Å²) in [5.74, 6) is -1.62. The van der Waals surface area contributed by atoms with Crippen LogP contribution < -0.4 is 0 Å². The van der Waals surface area contributed by atoms with Gasteiger partial charge < -0.3 is 9.84 Å². The second kappa shape index (κ2) is 12.7. The zero-order chi connectivity index (χ0) is 16.1. The molecular formula is C17H32O4. The number of unbranched alkanes of at least 4 members (excludes halogenated alkanes) is 7. The predicted octanol–water partition coefficient (Wildman–Crippen LogP) is 4.56. The number of ether oxygens (including phenoxy) is 1. The molecule has 0 fully saturated rings. The van der Waals surface area contributed by atoms with Crippen molar-refractivity contribution in [2.75, 3.05) is 0 Å². The summed E-state index contributed by atoms with van der Waals surface area (Å²) in [6.07, 6.45) is 10.7. The number of hydrogen-bond donors (Lipinski definition) is 1. The quantitative estimate of drug-likeness (QED) is 0.400. The first-order valence-corrected chi connectivity index (χ1v) is 8.37. The van der Waals surface area contributed by atoms with Gasteiger partial charge >= 0.3 is 11.9 Å². The second-order valence-corrected chi connectivity index (χ2v) is 5.97. The zero-order valence-corrected chi connectivity index (χ0v) is 13.9. The molecule has 0 aromatic heterocycles. The van der Waals surface area contributed by atoms with Gasteiger partial charge in [0.15, 0.2) is 0 Å². The molecule has 21 heavy (non-hydrogen) atoms. The lowest BCUT2D eigenvalue weighted by molar-refractivity contribution is -0.151. The lowest BCUT2D eigenvalue weighted by atomic mass is 9.98. The van der Waals surface area contributed by atoms with Gasteiger partial charge in [0.1, 0.15) is 6.10 Å². The normalized spacial score (nSPS) is 13.7. The maximum Gasteiger partial charge on any atom is 0.306 e. The van der Waals surface area contributed by atoms with Gasteiger partial charge in [-0.05, 0) is 19.3 Å². The van der Waals surface area contributed by atoms with E-state index in [9.17, 15) is 9.59 Å². The Hall–Kier alpha value is -1.06. The van der Waals surface area contributed by atoms with Crippen LogP contribution in [0.5, 0.6) is 0 Å². The molecule has 0 bridgehead atoms. The Bertz CT molecular complexity index is 289.